The third-order valence-corrected chi connectivity index (χ3v) is 11.7. The third kappa shape index (κ3) is 7.27. The lowest BCUT2D eigenvalue weighted by Crippen LogP contribution is -2.45. The van der Waals surface area contributed by atoms with E-state index >= 15 is 0 Å². The summed E-state index contributed by atoms with van der Waals surface area (Å²) < 4.78 is 37.1. The van der Waals surface area contributed by atoms with Crippen molar-refractivity contribution in [1.29, 1.82) is 0 Å². The molecular formula is C38H48N4O4S. The van der Waals surface area contributed by atoms with Crippen LogP contribution >= 0.6 is 0 Å². The van der Waals surface area contributed by atoms with Crippen molar-refractivity contribution in [3.05, 3.63) is 95.3 Å². The molecule has 3 heterocycles. The Balaban J connectivity index is 0.00000190. The fraction of sp³-hybridized carbons (Fsp3) is 0.447. The van der Waals surface area contributed by atoms with E-state index in [1.807, 2.05) is 56.4 Å². The first kappa shape index (κ1) is 33.2. The van der Waals surface area contributed by atoms with E-state index in [-0.39, 0.29) is 23.3 Å². The number of fused-ring (bicyclic) bond motifs is 3. The van der Waals surface area contributed by atoms with Crippen molar-refractivity contribution in [2.24, 2.45) is 0 Å². The highest BCUT2D eigenvalue weighted by Crippen LogP contribution is 2.35. The fourth-order valence-corrected chi connectivity index (χ4v) is 9.06. The Bertz CT molecular complexity index is 1810. The van der Waals surface area contributed by atoms with Gasteiger partial charge in [-0.15, -0.1) is 0 Å². The second-order valence-electron chi connectivity index (χ2n) is 12.8. The minimum Gasteiger partial charge on any atom is -0.497 e. The number of aromatic nitrogens is 1. The molecule has 9 heteroatoms. The topological polar surface area (TPSA) is 83.9 Å². The average Bonchev–Trinajstić information content (AvgIpc) is 3.59. The van der Waals surface area contributed by atoms with Gasteiger partial charge in [-0.2, -0.15) is 4.31 Å². The predicted molar refractivity (Wildman–Crippen MR) is 187 cm³/mol. The Labute approximate surface area is 279 Å². The molecule has 3 aliphatic rings. The Morgan fingerprint density at radius 2 is 1.68 bits per heavy atom. The number of likely N-dealkylation sites (tertiary alicyclic amines) is 1. The Morgan fingerprint density at radius 1 is 0.894 bits per heavy atom. The number of nitrogens with one attached hydrogen (secondary N) is 1. The van der Waals surface area contributed by atoms with Crippen LogP contribution in [0.25, 0.3) is 10.8 Å². The molecule has 1 aromatic heterocycles. The van der Waals surface area contributed by atoms with Gasteiger partial charge in [-0.05, 0) is 109 Å². The first-order chi connectivity index (χ1) is 22.9. The van der Waals surface area contributed by atoms with Gasteiger partial charge in [0, 0.05) is 44.0 Å². The van der Waals surface area contributed by atoms with Crippen molar-refractivity contribution in [1.82, 2.24) is 19.1 Å². The molecule has 0 spiro atoms. The lowest BCUT2D eigenvalue weighted by molar-refractivity contribution is -0.123. The van der Waals surface area contributed by atoms with Gasteiger partial charge in [-0.1, -0.05) is 50.6 Å². The molecule has 2 unspecified atom stereocenters. The highest BCUT2D eigenvalue weighted by atomic mass is 32.2. The number of amides is 1. The number of carbonyl (C=O) groups is 1. The summed E-state index contributed by atoms with van der Waals surface area (Å²) in [5, 5.41) is 5.00. The van der Waals surface area contributed by atoms with E-state index in [0.29, 0.717) is 13.1 Å². The van der Waals surface area contributed by atoms with Crippen LogP contribution in [0.5, 0.6) is 5.75 Å². The van der Waals surface area contributed by atoms with Gasteiger partial charge in [0.15, 0.2) is 0 Å². The van der Waals surface area contributed by atoms with Crippen LogP contribution in [0.15, 0.2) is 77.8 Å². The summed E-state index contributed by atoms with van der Waals surface area (Å²) in [5.41, 5.74) is 4.93. The number of piperidine rings is 1. The molecule has 47 heavy (non-hydrogen) atoms. The number of aryl methyl sites for hydroxylation is 1. The van der Waals surface area contributed by atoms with Crippen LogP contribution in [0.2, 0.25) is 0 Å². The standard InChI is InChI=1S/C36H42N4O4S.C2H6/c1-44-32-13-10-30-23-33(14-11-29(30)22-32)45(42,43)40-19-18-39-17-5-6-34(39)35(40)24-36(41)37-31-12-9-27-20-26(7-8-28(27)21-31)25-38-15-3-2-4-16-38;1-2/h5-8,10-11,13-14,17,20,22-23,31,35H,2-4,9,12,15-16,18-19,21,24-25H2,1H3,(H,37,41);1-2H3. The van der Waals surface area contributed by atoms with Crippen LogP contribution in [-0.4, -0.2) is 60.9 Å². The number of hydrogen-bond acceptors (Lipinski definition) is 5. The van der Waals surface area contributed by atoms with Gasteiger partial charge in [0.25, 0.3) is 0 Å². The summed E-state index contributed by atoms with van der Waals surface area (Å²) in [6.45, 7) is 8.24. The molecule has 7 rings (SSSR count). The lowest BCUT2D eigenvalue weighted by atomic mass is 9.87. The smallest absolute Gasteiger partial charge is 0.243 e. The molecule has 1 aliphatic carbocycles. The van der Waals surface area contributed by atoms with Crippen LogP contribution in [0, 0.1) is 0 Å². The number of nitrogens with zero attached hydrogens (tertiary/aromatic N) is 3. The molecule has 1 N–H and O–H groups in total. The molecule has 2 atom stereocenters. The molecule has 3 aromatic carbocycles. The van der Waals surface area contributed by atoms with Crippen molar-refractivity contribution < 1.29 is 17.9 Å². The second-order valence-corrected chi connectivity index (χ2v) is 14.7. The predicted octanol–water partition coefficient (Wildman–Crippen LogP) is 6.47. The van der Waals surface area contributed by atoms with E-state index in [1.54, 1.807) is 19.2 Å². The van der Waals surface area contributed by atoms with Crippen LogP contribution < -0.4 is 10.1 Å². The normalized spacial score (nSPS) is 20.1. The molecule has 1 saturated heterocycles. The Hall–Kier alpha value is -3.66. The summed E-state index contributed by atoms with van der Waals surface area (Å²) >= 11 is 0. The highest BCUT2D eigenvalue weighted by molar-refractivity contribution is 7.89. The molecule has 250 valence electrons. The maximum Gasteiger partial charge on any atom is 0.243 e. The van der Waals surface area contributed by atoms with E-state index in [1.165, 1.54) is 53.3 Å². The van der Waals surface area contributed by atoms with E-state index in [4.69, 9.17) is 4.74 Å². The number of benzene rings is 3. The Morgan fingerprint density at radius 3 is 2.49 bits per heavy atom. The van der Waals surface area contributed by atoms with Gasteiger partial charge in [0.2, 0.25) is 15.9 Å². The van der Waals surface area contributed by atoms with Crippen LogP contribution in [0.3, 0.4) is 0 Å². The monoisotopic (exact) mass is 656 g/mol. The van der Waals surface area contributed by atoms with Crippen molar-refractivity contribution in [2.45, 2.75) is 88.9 Å². The zero-order valence-electron chi connectivity index (χ0n) is 28.0. The number of carbonyl (C=O) groups excluding carboxylic acids is 1. The summed E-state index contributed by atoms with van der Waals surface area (Å²) in [6.07, 6.45) is 8.60. The summed E-state index contributed by atoms with van der Waals surface area (Å²) in [7, 11) is -2.25. The number of hydrogen-bond donors (Lipinski definition) is 1. The molecule has 0 radical (unpaired) electrons. The number of methoxy groups -OCH3 is 1. The van der Waals surface area contributed by atoms with Gasteiger partial charge in [0.05, 0.1) is 18.0 Å². The second kappa shape index (κ2) is 14.6. The van der Waals surface area contributed by atoms with Gasteiger partial charge in [-0.3, -0.25) is 9.69 Å². The molecule has 4 aromatic rings. The van der Waals surface area contributed by atoms with Crippen molar-refractivity contribution >= 4 is 26.7 Å². The summed E-state index contributed by atoms with van der Waals surface area (Å²) in [4.78, 5) is 16.4. The summed E-state index contributed by atoms with van der Waals surface area (Å²) in [5.74, 6) is 0.607. The molecule has 0 bridgehead atoms. The van der Waals surface area contributed by atoms with Crippen LogP contribution in [0.4, 0.5) is 0 Å². The zero-order valence-corrected chi connectivity index (χ0v) is 28.8. The van der Waals surface area contributed by atoms with Gasteiger partial charge in [-0.25, -0.2) is 8.42 Å². The van der Waals surface area contributed by atoms with E-state index in [0.717, 1.165) is 48.0 Å². The molecule has 1 amide bonds. The average molecular weight is 657 g/mol. The van der Waals surface area contributed by atoms with E-state index in [2.05, 4.69) is 33.0 Å². The first-order valence-electron chi connectivity index (χ1n) is 17.2. The minimum atomic E-state index is -3.87. The number of rotatable bonds is 8. The highest BCUT2D eigenvalue weighted by Gasteiger charge is 2.38. The number of ether oxygens (including phenoxy) is 1. The molecular weight excluding hydrogens is 609 g/mol. The lowest BCUT2D eigenvalue weighted by Gasteiger charge is -2.36. The SMILES string of the molecule is CC.COc1ccc2cc(S(=O)(=O)N3CCn4cccc4C3CC(=O)NC3CCc4cc(CN5CCCCC5)ccc4C3)ccc2c1. The van der Waals surface area contributed by atoms with Crippen LogP contribution in [0.1, 0.15) is 74.4 Å². The van der Waals surface area contributed by atoms with E-state index in [9.17, 15) is 13.2 Å². The molecule has 0 saturated carbocycles. The van der Waals surface area contributed by atoms with Gasteiger partial charge in [0.1, 0.15) is 5.75 Å². The minimum absolute atomic E-state index is 0.0378. The fourth-order valence-electron chi connectivity index (χ4n) is 7.43. The quantitative estimate of drug-likeness (QED) is 0.235. The van der Waals surface area contributed by atoms with E-state index < -0.39 is 16.1 Å². The largest absolute Gasteiger partial charge is 0.497 e. The molecule has 8 nitrogen and oxygen atoms in total. The zero-order chi connectivity index (χ0) is 33.0. The third-order valence-electron chi connectivity index (χ3n) is 9.84. The Kier molecular flexibility index (Phi) is 10.3. The maximum absolute atomic E-state index is 14.1. The van der Waals surface area contributed by atoms with Crippen molar-refractivity contribution in [3.63, 3.8) is 0 Å². The van der Waals surface area contributed by atoms with Crippen LogP contribution in [-0.2, 0) is 40.7 Å². The molecule has 2 aliphatic heterocycles. The van der Waals surface area contributed by atoms with Crippen molar-refractivity contribution in [3.8, 4) is 5.75 Å². The first-order valence-corrected chi connectivity index (χ1v) is 18.7. The number of sulfonamides is 1. The maximum atomic E-state index is 14.1. The van der Waals surface area contributed by atoms with Gasteiger partial charge >= 0.3 is 0 Å². The van der Waals surface area contributed by atoms with Crippen molar-refractivity contribution in [2.75, 3.05) is 26.7 Å². The molecule has 1 fully saturated rings. The van der Waals surface area contributed by atoms with Gasteiger partial charge < -0.3 is 14.6 Å². The summed E-state index contributed by atoms with van der Waals surface area (Å²) in [6, 6.07) is 21.0.